The normalized spacial score (nSPS) is 26.5. The molecule has 1 fully saturated rings. The fraction of sp³-hybridized carbons (Fsp3) is 0.364. The van der Waals surface area contributed by atoms with Gasteiger partial charge in [-0.25, -0.2) is 13.2 Å². The number of carboxylic acids is 1. The first kappa shape index (κ1) is 11.0. The Hall–Kier alpha value is -1.52. The van der Waals surface area contributed by atoms with Crippen LogP contribution in [0.4, 0.5) is 13.2 Å². The van der Waals surface area contributed by atoms with Crippen molar-refractivity contribution in [2.75, 3.05) is 0 Å². The third-order valence-corrected chi connectivity index (χ3v) is 2.89. The monoisotopic (exact) mass is 230 g/mol. The van der Waals surface area contributed by atoms with E-state index in [2.05, 4.69) is 0 Å². The maximum atomic E-state index is 13.1. The highest BCUT2D eigenvalue weighted by Gasteiger charge is 2.77. The van der Waals surface area contributed by atoms with E-state index in [0.717, 1.165) is 6.07 Å². The number of aryl methyl sites for hydroxylation is 1. The van der Waals surface area contributed by atoms with Crippen molar-refractivity contribution in [2.45, 2.75) is 24.7 Å². The van der Waals surface area contributed by atoms with Gasteiger partial charge in [0.15, 0.2) is 5.41 Å². The van der Waals surface area contributed by atoms with Crippen LogP contribution in [-0.4, -0.2) is 17.0 Å². The summed E-state index contributed by atoms with van der Waals surface area (Å²) in [4.78, 5) is 10.9. The Morgan fingerprint density at radius 1 is 1.38 bits per heavy atom. The van der Waals surface area contributed by atoms with Gasteiger partial charge in [0.05, 0.1) is 0 Å². The Morgan fingerprint density at radius 2 is 1.94 bits per heavy atom. The molecular weight excluding hydrogens is 221 g/mol. The highest BCUT2D eigenvalue weighted by atomic mass is 19.3. The molecule has 0 amide bonds. The van der Waals surface area contributed by atoms with Crippen molar-refractivity contribution in [1.82, 2.24) is 0 Å². The molecule has 2 rings (SSSR count). The maximum absolute atomic E-state index is 13.1. The molecule has 1 aliphatic rings. The minimum absolute atomic E-state index is 0.164. The zero-order valence-electron chi connectivity index (χ0n) is 8.43. The van der Waals surface area contributed by atoms with Gasteiger partial charge in [0.25, 0.3) is 5.92 Å². The van der Waals surface area contributed by atoms with E-state index in [-0.39, 0.29) is 5.56 Å². The lowest BCUT2D eigenvalue weighted by Gasteiger charge is -2.12. The second kappa shape index (κ2) is 2.99. The van der Waals surface area contributed by atoms with Crippen molar-refractivity contribution in [3.05, 3.63) is 35.1 Å². The van der Waals surface area contributed by atoms with E-state index in [1.165, 1.54) is 19.1 Å². The van der Waals surface area contributed by atoms with Crippen LogP contribution in [0.15, 0.2) is 18.2 Å². The van der Waals surface area contributed by atoms with Crippen LogP contribution in [0.2, 0.25) is 0 Å². The number of hydrogen-bond acceptors (Lipinski definition) is 1. The van der Waals surface area contributed by atoms with Gasteiger partial charge in [0.2, 0.25) is 0 Å². The third kappa shape index (κ3) is 1.31. The van der Waals surface area contributed by atoms with Crippen molar-refractivity contribution in [3.63, 3.8) is 0 Å². The van der Waals surface area contributed by atoms with Crippen LogP contribution >= 0.6 is 0 Å². The highest BCUT2D eigenvalue weighted by molar-refractivity contribution is 5.87. The fourth-order valence-corrected chi connectivity index (χ4v) is 1.94. The van der Waals surface area contributed by atoms with Crippen LogP contribution in [0, 0.1) is 12.7 Å². The van der Waals surface area contributed by atoms with Gasteiger partial charge in [-0.3, -0.25) is 4.79 Å². The zero-order valence-corrected chi connectivity index (χ0v) is 8.43. The van der Waals surface area contributed by atoms with Crippen molar-refractivity contribution in [2.24, 2.45) is 0 Å². The standard InChI is InChI=1S/C11H9F3O2/c1-6-2-7(4-8(12)3-6)10(9(15)16)5-11(10,13)14/h2-4H,5H2,1H3,(H,15,16). The van der Waals surface area contributed by atoms with Crippen molar-refractivity contribution in [1.29, 1.82) is 0 Å². The molecule has 0 saturated heterocycles. The molecule has 1 aliphatic carbocycles. The minimum Gasteiger partial charge on any atom is -0.480 e. The van der Waals surface area contributed by atoms with Gasteiger partial charge < -0.3 is 5.11 Å². The van der Waals surface area contributed by atoms with Gasteiger partial charge in [-0.15, -0.1) is 0 Å². The number of carboxylic acid groups (broad SMARTS) is 1. The summed E-state index contributed by atoms with van der Waals surface area (Å²) in [7, 11) is 0. The van der Waals surface area contributed by atoms with E-state index in [1.807, 2.05) is 0 Å². The second-order valence-electron chi connectivity index (χ2n) is 4.11. The SMILES string of the molecule is Cc1cc(F)cc(C2(C(=O)O)CC2(F)F)c1. The number of hydrogen-bond donors (Lipinski definition) is 1. The first-order valence-electron chi connectivity index (χ1n) is 4.68. The zero-order chi connectivity index (χ0) is 12.1. The lowest BCUT2D eigenvalue weighted by atomic mass is 9.94. The Balaban J connectivity index is 2.55. The molecule has 0 bridgehead atoms. The molecule has 0 aliphatic heterocycles. The Bertz CT molecular complexity index is 450. The molecule has 5 heteroatoms. The highest BCUT2D eigenvalue weighted by Crippen LogP contribution is 2.61. The van der Waals surface area contributed by atoms with Crippen molar-refractivity contribution < 1.29 is 23.1 Å². The predicted octanol–water partition coefficient (Wildman–Crippen LogP) is 2.50. The molecule has 1 aromatic rings. The second-order valence-corrected chi connectivity index (χ2v) is 4.11. The van der Waals surface area contributed by atoms with Crippen molar-refractivity contribution >= 4 is 5.97 Å². The summed E-state index contributed by atoms with van der Waals surface area (Å²) in [5.74, 6) is -5.60. The van der Waals surface area contributed by atoms with Gasteiger partial charge in [-0.2, -0.15) is 0 Å². The van der Waals surface area contributed by atoms with Crippen LogP contribution in [0.25, 0.3) is 0 Å². The number of rotatable bonds is 2. The lowest BCUT2D eigenvalue weighted by molar-refractivity contribution is -0.142. The van der Waals surface area contributed by atoms with Crippen LogP contribution in [0.3, 0.4) is 0 Å². The van der Waals surface area contributed by atoms with E-state index in [4.69, 9.17) is 5.11 Å². The van der Waals surface area contributed by atoms with Gasteiger partial charge in [0, 0.05) is 6.42 Å². The summed E-state index contributed by atoms with van der Waals surface area (Å²) in [6.07, 6.45) is -0.766. The molecule has 0 heterocycles. The van der Waals surface area contributed by atoms with E-state index < -0.39 is 29.5 Å². The Morgan fingerprint density at radius 3 is 2.31 bits per heavy atom. The number of benzene rings is 1. The van der Waals surface area contributed by atoms with Gasteiger partial charge in [-0.1, -0.05) is 6.07 Å². The summed E-state index contributed by atoms with van der Waals surface area (Å²) in [5.41, 5.74) is -1.97. The largest absolute Gasteiger partial charge is 0.480 e. The first-order chi connectivity index (χ1) is 7.29. The molecule has 1 aromatic carbocycles. The first-order valence-corrected chi connectivity index (χ1v) is 4.68. The minimum atomic E-state index is -3.29. The van der Waals surface area contributed by atoms with Gasteiger partial charge >= 0.3 is 5.97 Å². The molecular formula is C11H9F3O2. The predicted molar refractivity (Wildman–Crippen MR) is 50.0 cm³/mol. The average Bonchev–Trinajstić information content (AvgIpc) is 2.69. The summed E-state index contributed by atoms with van der Waals surface area (Å²) < 4.78 is 39.4. The molecule has 0 radical (unpaired) electrons. The maximum Gasteiger partial charge on any atom is 0.320 e. The number of halogens is 3. The topological polar surface area (TPSA) is 37.3 Å². The molecule has 2 nitrogen and oxygen atoms in total. The quantitative estimate of drug-likeness (QED) is 0.847. The van der Waals surface area contributed by atoms with Crippen LogP contribution in [0.1, 0.15) is 17.5 Å². The summed E-state index contributed by atoms with van der Waals surface area (Å²) in [6.45, 7) is 1.53. The number of alkyl halides is 2. The molecule has 1 atom stereocenters. The van der Waals surface area contributed by atoms with Crippen LogP contribution in [-0.2, 0) is 10.2 Å². The average molecular weight is 230 g/mol. The van der Waals surface area contributed by atoms with Gasteiger partial charge in [0.1, 0.15) is 5.82 Å². The number of carbonyl (C=O) groups is 1. The summed E-state index contributed by atoms with van der Waals surface area (Å²) in [5, 5.41) is 8.87. The third-order valence-electron chi connectivity index (χ3n) is 2.89. The summed E-state index contributed by atoms with van der Waals surface area (Å²) >= 11 is 0. The molecule has 16 heavy (non-hydrogen) atoms. The smallest absolute Gasteiger partial charge is 0.320 e. The van der Waals surface area contributed by atoms with Crippen LogP contribution < -0.4 is 0 Å². The van der Waals surface area contributed by atoms with E-state index in [1.54, 1.807) is 0 Å². The van der Waals surface area contributed by atoms with E-state index >= 15 is 0 Å². The van der Waals surface area contributed by atoms with Gasteiger partial charge in [-0.05, 0) is 30.2 Å². The lowest BCUT2D eigenvalue weighted by Crippen LogP contribution is -2.27. The van der Waals surface area contributed by atoms with E-state index in [9.17, 15) is 18.0 Å². The molecule has 0 aromatic heterocycles. The van der Waals surface area contributed by atoms with E-state index in [0.29, 0.717) is 5.56 Å². The molecule has 1 N–H and O–H groups in total. The molecule has 86 valence electrons. The Labute approximate surface area is 89.7 Å². The summed E-state index contributed by atoms with van der Waals surface area (Å²) in [6, 6.07) is 3.32. The molecule has 1 unspecified atom stereocenters. The fourth-order valence-electron chi connectivity index (χ4n) is 1.94. The number of aliphatic carboxylic acids is 1. The molecule has 0 spiro atoms. The molecule has 1 saturated carbocycles. The van der Waals surface area contributed by atoms with Crippen molar-refractivity contribution in [3.8, 4) is 0 Å². The Kier molecular flexibility index (Phi) is 2.05. The van der Waals surface area contributed by atoms with Crippen LogP contribution in [0.5, 0.6) is 0 Å².